The van der Waals surface area contributed by atoms with Gasteiger partial charge in [0.1, 0.15) is 23.6 Å². The average Bonchev–Trinajstić information content (AvgIpc) is 3.44. The van der Waals surface area contributed by atoms with Crippen LogP contribution in [0.3, 0.4) is 0 Å². The lowest BCUT2D eigenvalue weighted by Crippen LogP contribution is -2.24. The summed E-state index contributed by atoms with van der Waals surface area (Å²) in [5, 5.41) is 8.23. The Balaban J connectivity index is 1.62. The second-order valence-electron chi connectivity index (χ2n) is 7.56. The largest absolute Gasteiger partial charge is 0.438 e. The molecule has 5 rings (SSSR count). The lowest BCUT2D eigenvalue weighted by atomic mass is 10.0. The van der Waals surface area contributed by atoms with Crippen molar-refractivity contribution in [3.63, 3.8) is 0 Å². The first-order valence-electron chi connectivity index (χ1n) is 10.5. The van der Waals surface area contributed by atoms with Crippen molar-refractivity contribution in [3.05, 3.63) is 79.0 Å². The van der Waals surface area contributed by atoms with Crippen molar-refractivity contribution in [1.29, 1.82) is 0 Å². The Kier molecular flexibility index (Phi) is 5.40. The van der Waals surface area contributed by atoms with Crippen LogP contribution in [0.2, 0.25) is 0 Å². The van der Waals surface area contributed by atoms with Crippen molar-refractivity contribution < 1.29 is 13.6 Å². The molecule has 0 atom stereocenters. The predicted octanol–water partition coefficient (Wildman–Crippen LogP) is 4.70. The summed E-state index contributed by atoms with van der Waals surface area (Å²) in [5.41, 5.74) is 4.23. The zero-order chi connectivity index (χ0) is 22.8. The maximum atomic E-state index is 13.5. The molecule has 0 spiro atoms. The monoisotopic (exact) mass is 441 g/mol. The van der Waals surface area contributed by atoms with Gasteiger partial charge in [-0.3, -0.25) is 9.48 Å². The number of hydrogen-bond acceptors (Lipinski definition) is 5. The number of benzene rings is 2. The summed E-state index contributed by atoms with van der Waals surface area (Å²) in [6.07, 6.45) is 3.33. The van der Waals surface area contributed by atoms with Gasteiger partial charge in [-0.1, -0.05) is 30.3 Å². The standard InChI is InChI=1S/C25H20FN5O2/c1-16(32)27-11-12-31-14-21(23(30-31)18-7-9-19(26)10-8-18)24-20-13-22(17-5-3-2-4-6-17)33-25(20)29-15-28-24/h2-10,13-15H,11-12H2,1H3,(H,27,32). The van der Waals surface area contributed by atoms with E-state index in [9.17, 15) is 9.18 Å². The van der Waals surface area contributed by atoms with Crippen molar-refractivity contribution >= 4 is 17.0 Å². The van der Waals surface area contributed by atoms with E-state index >= 15 is 0 Å². The fourth-order valence-corrected chi connectivity index (χ4v) is 3.69. The molecule has 0 aliphatic heterocycles. The molecule has 1 amide bonds. The first-order chi connectivity index (χ1) is 16.1. The Morgan fingerprint density at radius 2 is 1.82 bits per heavy atom. The zero-order valence-electron chi connectivity index (χ0n) is 17.8. The number of halogens is 1. The van der Waals surface area contributed by atoms with Crippen molar-refractivity contribution in [1.82, 2.24) is 25.1 Å². The number of carbonyl (C=O) groups excluding carboxylic acids is 1. The lowest BCUT2D eigenvalue weighted by Gasteiger charge is -2.03. The van der Waals surface area contributed by atoms with Gasteiger partial charge in [0, 0.05) is 36.4 Å². The molecule has 0 saturated heterocycles. The van der Waals surface area contributed by atoms with E-state index in [2.05, 4.69) is 15.3 Å². The van der Waals surface area contributed by atoms with Crippen LogP contribution in [0.15, 0.2) is 77.6 Å². The molecule has 2 aromatic carbocycles. The summed E-state index contributed by atoms with van der Waals surface area (Å²) in [6.45, 7) is 2.38. The number of hydrogen-bond donors (Lipinski definition) is 1. The van der Waals surface area contributed by atoms with Crippen LogP contribution >= 0.6 is 0 Å². The summed E-state index contributed by atoms with van der Waals surface area (Å²) in [7, 11) is 0. The van der Waals surface area contributed by atoms with E-state index in [1.54, 1.807) is 16.8 Å². The molecule has 8 heteroatoms. The SMILES string of the molecule is CC(=O)NCCn1cc(-c2ncnc3oc(-c4ccccc4)cc23)c(-c2ccc(F)cc2)n1. The Labute approximate surface area is 188 Å². The molecular formula is C25H20FN5O2. The van der Waals surface area contributed by atoms with Gasteiger partial charge in [-0.15, -0.1) is 0 Å². The van der Waals surface area contributed by atoms with Crippen molar-refractivity contribution in [2.75, 3.05) is 6.54 Å². The summed E-state index contributed by atoms with van der Waals surface area (Å²) in [4.78, 5) is 20.1. The number of amides is 1. The number of fused-ring (bicyclic) bond motifs is 1. The highest BCUT2D eigenvalue weighted by Crippen LogP contribution is 2.36. The number of rotatable bonds is 6. The quantitative estimate of drug-likeness (QED) is 0.413. The minimum absolute atomic E-state index is 0.106. The van der Waals surface area contributed by atoms with E-state index in [4.69, 9.17) is 9.52 Å². The average molecular weight is 441 g/mol. The summed E-state index contributed by atoms with van der Waals surface area (Å²) in [5.74, 6) is 0.261. The normalized spacial score (nSPS) is 11.1. The second-order valence-corrected chi connectivity index (χ2v) is 7.56. The molecule has 3 heterocycles. The van der Waals surface area contributed by atoms with E-state index in [-0.39, 0.29) is 11.7 Å². The van der Waals surface area contributed by atoms with Gasteiger partial charge < -0.3 is 9.73 Å². The third-order valence-electron chi connectivity index (χ3n) is 5.24. The van der Waals surface area contributed by atoms with Crippen LogP contribution in [-0.4, -0.2) is 32.2 Å². The Hall–Kier alpha value is -4.33. The van der Waals surface area contributed by atoms with E-state index < -0.39 is 0 Å². The molecule has 0 bridgehead atoms. The lowest BCUT2D eigenvalue weighted by molar-refractivity contribution is -0.118. The maximum Gasteiger partial charge on any atom is 0.230 e. The third-order valence-corrected chi connectivity index (χ3v) is 5.24. The number of furan rings is 1. The fraction of sp³-hybridized carbons (Fsp3) is 0.120. The van der Waals surface area contributed by atoms with Gasteiger partial charge in [0.2, 0.25) is 11.6 Å². The smallest absolute Gasteiger partial charge is 0.230 e. The molecule has 0 aliphatic carbocycles. The van der Waals surface area contributed by atoms with Gasteiger partial charge in [0.15, 0.2) is 0 Å². The van der Waals surface area contributed by atoms with E-state index in [1.165, 1.54) is 25.4 Å². The van der Waals surface area contributed by atoms with E-state index in [0.717, 1.165) is 22.1 Å². The van der Waals surface area contributed by atoms with Gasteiger partial charge >= 0.3 is 0 Å². The van der Waals surface area contributed by atoms with Crippen molar-refractivity contribution in [3.8, 4) is 33.8 Å². The van der Waals surface area contributed by atoms with E-state index in [1.807, 2.05) is 42.6 Å². The summed E-state index contributed by atoms with van der Waals surface area (Å²) >= 11 is 0. The number of nitrogens with one attached hydrogen (secondary N) is 1. The summed E-state index contributed by atoms with van der Waals surface area (Å²) < 4.78 is 21.3. The van der Waals surface area contributed by atoms with Crippen molar-refractivity contribution in [2.45, 2.75) is 13.5 Å². The molecule has 1 N–H and O–H groups in total. The van der Waals surface area contributed by atoms with Crippen LogP contribution in [0.1, 0.15) is 6.92 Å². The predicted molar refractivity (Wildman–Crippen MR) is 123 cm³/mol. The minimum atomic E-state index is -0.322. The maximum absolute atomic E-state index is 13.5. The topological polar surface area (TPSA) is 85.8 Å². The van der Waals surface area contributed by atoms with Crippen LogP contribution in [0.25, 0.3) is 44.9 Å². The molecule has 0 aliphatic rings. The fourth-order valence-electron chi connectivity index (χ4n) is 3.69. The number of carbonyl (C=O) groups is 1. The van der Waals surface area contributed by atoms with Gasteiger partial charge in [0.25, 0.3) is 0 Å². The molecule has 7 nitrogen and oxygen atoms in total. The third kappa shape index (κ3) is 4.23. The molecular weight excluding hydrogens is 421 g/mol. The molecule has 5 aromatic rings. The molecule has 0 saturated carbocycles. The minimum Gasteiger partial charge on any atom is -0.438 e. The Morgan fingerprint density at radius 1 is 1.03 bits per heavy atom. The first-order valence-corrected chi connectivity index (χ1v) is 10.5. The van der Waals surface area contributed by atoms with Crippen LogP contribution < -0.4 is 5.32 Å². The second kappa shape index (κ2) is 8.66. The molecule has 0 radical (unpaired) electrons. The van der Waals surface area contributed by atoms with Gasteiger partial charge in [0.05, 0.1) is 17.6 Å². The highest BCUT2D eigenvalue weighted by atomic mass is 19.1. The zero-order valence-corrected chi connectivity index (χ0v) is 17.8. The molecule has 3 aromatic heterocycles. The van der Waals surface area contributed by atoms with E-state index in [0.29, 0.717) is 36.0 Å². The number of aromatic nitrogens is 4. The molecule has 0 unspecified atom stereocenters. The van der Waals surface area contributed by atoms with Gasteiger partial charge in [-0.2, -0.15) is 5.10 Å². The van der Waals surface area contributed by atoms with Crippen LogP contribution in [-0.2, 0) is 11.3 Å². The molecule has 0 fully saturated rings. The Morgan fingerprint density at radius 3 is 2.58 bits per heavy atom. The summed E-state index contributed by atoms with van der Waals surface area (Å²) in [6, 6.07) is 17.9. The highest BCUT2D eigenvalue weighted by Gasteiger charge is 2.20. The molecule has 33 heavy (non-hydrogen) atoms. The number of nitrogens with zero attached hydrogens (tertiary/aromatic N) is 4. The van der Waals surface area contributed by atoms with Crippen LogP contribution in [0.4, 0.5) is 4.39 Å². The Bertz CT molecular complexity index is 1420. The first kappa shape index (κ1) is 20.6. The van der Waals surface area contributed by atoms with Gasteiger partial charge in [-0.25, -0.2) is 14.4 Å². The highest BCUT2D eigenvalue weighted by molar-refractivity contribution is 5.95. The van der Waals surface area contributed by atoms with Crippen LogP contribution in [0, 0.1) is 5.82 Å². The van der Waals surface area contributed by atoms with Gasteiger partial charge in [-0.05, 0) is 30.3 Å². The van der Waals surface area contributed by atoms with Crippen molar-refractivity contribution in [2.24, 2.45) is 0 Å². The molecule has 164 valence electrons. The van der Waals surface area contributed by atoms with Crippen LogP contribution in [0.5, 0.6) is 0 Å².